The van der Waals surface area contributed by atoms with Crippen LogP contribution in [0.1, 0.15) is 22.8 Å². The first-order valence-corrected chi connectivity index (χ1v) is 11.9. The lowest BCUT2D eigenvalue weighted by Crippen LogP contribution is -2.31. The van der Waals surface area contributed by atoms with Crippen molar-refractivity contribution >= 4 is 51.7 Å². The predicted molar refractivity (Wildman–Crippen MR) is 138 cm³/mol. The maximum Gasteiger partial charge on any atom is 0.267 e. The molecule has 0 saturated carbocycles. The van der Waals surface area contributed by atoms with Gasteiger partial charge in [-0.05, 0) is 30.2 Å². The lowest BCUT2D eigenvalue weighted by molar-refractivity contribution is -0.122. The van der Waals surface area contributed by atoms with Crippen LogP contribution in [0.25, 0.3) is 11.7 Å². The lowest BCUT2D eigenvalue weighted by Gasteiger charge is -2.15. The summed E-state index contributed by atoms with van der Waals surface area (Å²) in [7, 11) is 1.55. The number of aliphatic hydroxyl groups is 1. The van der Waals surface area contributed by atoms with Gasteiger partial charge in [-0.3, -0.25) is 18.9 Å². The van der Waals surface area contributed by atoms with E-state index in [4.69, 9.17) is 17.0 Å². The van der Waals surface area contributed by atoms with Gasteiger partial charge in [-0.25, -0.2) is 4.98 Å². The molecule has 1 fully saturated rings. The van der Waals surface area contributed by atoms with E-state index in [1.807, 2.05) is 43.3 Å². The molecular weight excluding hydrogens is 472 g/mol. The summed E-state index contributed by atoms with van der Waals surface area (Å²) in [5.74, 6) is 0.00694. The number of carbonyl (C=O) groups excluding carboxylic acids is 1. The minimum atomic E-state index is -0.807. The van der Waals surface area contributed by atoms with E-state index in [2.05, 4.69) is 10.3 Å². The molecule has 1 aromatic carbocycles. The number of aryl methyl sites for hydroxylation is 1. The van der Waals surface area contributed by atoms with Crippen LogP contribution in [0.15, 0.2) is 58.4 Å². The number of carbonyl (C=O) groups is 1. The summed E-state index contributed by atoms with van der Waals surface area (Å²) in [6, 6.07) is 12.9. The maximum atomic E-state index is 13.4. The van der Waals surface area contributed by atoms with E-state index >= 15 is 0 Å². The molecule has 0 spiro atoms. The standard InChI is InChI=1S/C24H24N4O4S2/c1-15-7-6-10-27-21(15)26-20(25-14-18(29)16-8-4-3-5-9-16)17(22(27)30)13-19-23(31)28(11-12-32-2)24(33)34-19/h3-10,13,18,25,29H,11-12,14H2,1-2H3/b19-13+/t18-/m0/s1. The zero-order valence-corrected chi connectivity index (χ0v) is 20.4. The second-order valence-corrected chi connectivity index (χ2v) is 9.37. The Hall–Kier alpha value is -3.05. The van der Waals surface area contributed by atoms with Gasteiger partial charge in [-0.1, -0.05) is 60.4 Å². The van der Waals surface area contributed by atoms with Crippen molar-refractivity contribution < 1.29 is 14.6 Å². The topological polar surface area (TPSA) is 96.2 Å². The van der Waals surface area contributed by atoms with Crippen LogP contribution in [-0.2, 0) is 9.53 Å². The first-order valence-electron chi connectivity index (χ1n) is 10.6. The summed E-state index contributed by atoms with van der Waals surface area (Å²) in [4.78, 5) is 32.8. The Morgan fingerprint density at radius 3 is 2.74 bits per heavy atom. The quantitative estimate of drug-likeness (QED) is 0.363. The number of pyridine rings is 1. The zero-order valence-electron chi connectivity index (χ0n) is 18.7. The van der Waals surface area contributed by atoms with Crippen LogP contribution in [0.5, 0.6) is 0 Å². The lowest BCUT2D eigenvalue weighted by atomic mass is 10.1. The molecule has 1 amide bonds. The highest BCUT2D eigenvalue weighted by Gasteiger charge is 2.32. The van der Waals surface area contributed by atoms with Crippen molar-refractivity contribution in [2.45, 2.75) is 13.0 Å². The summed E-state index contributed by atoms with van der Waals surface area (Å²) in [5.41, 5.74) is 1.95. The van der Waals surface area contributed by atoms with Gasteiger partial charge in [0.25, 0.3) is 11.5 Å². The molecule has 4 rings (SSSR count). The Bertz CT molecular complexity index is 1320. The molecule has 3 heterocycles. The second-order valence-electron chi connectivity index (χ2n) is 7.70. The summed E-state index contributed by atoms with van der Waals surface area (Å²) in [6.45, 7) is 2.68. The van der Waals surface area contributed by atoms with Crippen molar-refractivity contribution in [3.63, 3.8) is 0 Å². The van der Waals surface area contributed by atoms with E-state index < -0.39 is 6.10 Å². The number of methoxy groups -OCH3 is 1. The van der Waals surface area contributed by atoms with Crippen LogP contribution in [0.2, 0.25) is 0 Å². The number of ether oxygens (including phenoxy) is 1. The number of thiocarbonyl (C=S) groups is 1. The van der Waals surface area contributed by atoms with Crippen LogP contribution < -0.4 is 10.9 Å². The molecule has 0 bridgehead atoms. The monoisotopic (exact) mass is 496 g/mol. The highest BCUT2D eigenvalue weighted by Crippen LogP contribution is 2.33. The van der Waals surface area contributed by atoms with E-state index in [-0.39, 0.29) is 29.4 Å². The molecule has 2 N–H and O–H groups in total. The van der Waals surface area contributed by atoms with E-state index in [9.17, 15) is 14.7 Å². The molecule has 34 heavy (non-hydrogen) atoms. The molecule has 3 aromatic rings. The van der Waals surface area contributed by atoms with E-state index in [0.29, 0.717) is 28.0 Å². The fourth-order valence-corrected chi connectivity index (χ4v) is 4.86. The van der Waals surface area contributed by atoms with Crippen LogP contribution in [-0.4, -0.2) is 56.4 Å². The average Bonchev–Trinajstić information content (AvgIpc) is 3.11. The molecule has 176 valence electrons. The zero-order chi connectivity index (χ0) is 24.2. The summed E-state index contributed by atoms with van der Waals surface area (Å²) < 4.78 is 6.92. The fraction of sp³-hybridized carbons (Fsp3) is 0.250. The smallest absolute Gasteiger partial charge is 0.267 e. The number of nitrogens with zero attached hydrogens (tertiary/aromatic N) is 3. The molecule has 1 aliphatic heterocycles. The van der Waals surface area contributed by atoms with Gasteiger partial charge in [0, 0.05) is 19.9 Å². The molecule has 8 nitrogen and oxygen atoms in total. The van der Waals surface area contributed by atoms with E-state index in [1.165, 1.54) is 15.4 Å². The number of aromatic nitrogens is 2. The Labute approximate surface area is 206 Å². The molecular formula is C24H24N4O4S2. The highest BCUT2D eigenvalue weighted by molar-refractivity contribution is 8.26. The van der Waals surface area contributed by atoms with Gasteiger partial charge < -0.3 is 15.2 Å². The van der Waals surface area contributed by atoms with Crippen LogP contribution >= 0.6 is 24.0 Å². The third kappa shape index (κ3) is 4.90. The molecule has 0 aliphatic carbocycles. The third-order valence-corrected chi connectivity index (χ3v) is 6.78. The highest BCUT2D eigenvalue weighted by atomic mass is 32.2. The van der Waals surface area contributed by atoms with Crippen LogP contribution in [0.3, 0.4) is 0 Å². The Kier molecular flexibility index (Phi) is 7.42. The number of amides is 1. The van der Waals surface area contributed by atoms with E-state index in [1.54, 1.807) is 19.4 Å². The number of fused-ring (bicyclic) bond motifs is 1. The Morgan fingerprint density at radius 1 is 1.24 bits per heavy atom. The third-order valence-electron chi connectivity index (χ3n) is 5.40. The van der Waals surface area contributed by atoms with Gasteiger partial charge in [0.05, 0.1) is 29.7 Å². The van der Waals surface area contributed by atoms with Crippen molar-refractivity contribution in [3.05, 3.63) is 80.6 Å². The maximum absolute atomic E-state index is 13.4. The second kappa shape index (κ2) is 10.5. The number of nitrogens with one attached hydrogen (secondary N) is 1. The van der Waals surface area contributed by atoms with Gasteiger partial charge in [0.15, 0.2) is 0 Å². The number of thioether (sulfide) groups is 1. The molecule has 1 aliphatic rings. The van der Waals surface area contributed by atoms with Gasteiger partial charge in [-0.15, -0.1) is 0 Å². The van der Waals surface area contributed by atoms with Gasteiger partial charge in [-0.2, -0.15) is 0 Å². The minimum absolute atomic E-state index is 0.133. The van der Waals surface area contributed by atoms with Gasteiger partial charge in [0.1, 0.15) is 15.8 Å². The molecule has 1 saturated heterocycles. The van der Waals surface area contributed by atoms with Crippen LogP contribution in [0, 0.1) is 6.92 Å². The normalized spacial score (nSPS) is 16.0. The summed E-state index contributed by atoms with van der Waals surface area (Å²) >= 11 is 6.48. The molecule has 0 radical (unpaired) electrons. The predicted octanol–water partition coefficient (Wildman–Crippen LogP) is 3.00. The van der Waals surface area contributed by atoms with E-state index in [0.717, 1.165) is 22.9 Å². The largest absolute Gasteiger partial charge is 0.387 e. The van der Waals surface area contributed by atoms with Gasteiger partial charge >= 0.3 is 0 Å². The first kappa shape index (κ1) is 24.1. The molecule has 10 heteroatoms. The number of benzene rings is 1. The number of hydrogen-bond donors (Lipinski definition) is 2. The Morgan fingerprint density at radius 2 is 2.00 bits per heavy atom. The SMILES string of the molecule is COCCN1C(=O)/C(=C\c2c(NC[C@H](O)c3ccccc3)nc3c(C)cccn3c2=O)SC1=S. The minimum Gasteiger partial charge on any atom is -0.387 e. The molecule has 2 aromatic heterocycles. The Balaban J connectivity index is 1.74. The summed E-state index contributed by atoms with van der Waals surface area (Å²) in [5, 5.41) is 13.7. The number of rotatable bonds is 8. The van der Waals surface area contributed by atoms with Crippen molar-refractivity contribution in [1.29, 1.82) is 0 Å². The number of anilines is 1. The van der Waals surface area contributed by atoms with Crippen molar-refractivity contribution in [2.24, 2.45) is 0 Å². The molecule has 0 unspecified atom stereocenters. The van der Waals surface area contributed by atoms with Crippen molar-refractivity contribution in [2.75, 3.05) is 32.1 Å². The van der Waals surface area contributed by atoms with Gasteiger partial charge in [0.2, 0.25) is 0 Å². The summed E-state index contributed by atoms with van der Waals surface area (Å²) in [6.07, 6.45) is 2.35. The van der Waals surface area contributed by atoms with Crippen molar-refractivity contribution in [3.8, 4) is 0 Å². The average molecular weight is 497 g/mol. The number of aliphatic hydroxyl groups excluding tert-OH is 1. The van der Waals surface area contributed by atoms with Crippen molar-refractivity contribution in [1.82, 2.24) is 14.3 Å². The number of hydrogen-bond acceptors (Lipinski definition) is 8. The first-order chi connectivity index (χ1) is 16.4. The molecule has 1 atom stereocenters. The van der Waals surface area contributed by atoms with Crippen LogP contribution in [0.4, 0.5) is 5.82 Å². The fourth-order valence-electron chi connectivity index (χ4n) is 3.57.